The van der Waals surface area contributed by atoms with Crippen LogP contribution in [0.1, 0.15) is 23.6 Å². The summed E-state index contributed by atoms with van der Waals surface area (Å²) in [5.74, 6) is -1.70. The van der Waals surface area contributed by atoms with Crippen molar-refractivity contribution in [1.82, 2.24) is 9.80 Å². The Morgan fingerprint density at radius 3 is 2.21 bits per heavy atom. The Hall–Kier alpha value is -1.67. The Morgan fingerprint density at radius 1 is 1.12 bits per heavy atom. The van der Waals surface area contributed by atoms with Gasteiger partial charge in [0.25, 0.3) is 0 Å². The average molecular weight is 347 g/mol. The molecular formula is C16H21F4N3O. The lowest BCUT2D eigenvalue weighted by Crippen LogP contribution is -2.45. The van der Waals surface area contributed by atoms with Crippen molar-refractivity contribution in [2.45, 2.75) is 26.1 Å². The lowest BCUT2D eigenvalue weighted by Gasteiger charge is -2.34. The van der Waals surface area contributed by atoms with Crippen LogP contribution in [-0.4, -0.2) is 48.4 Å². The third kappa shape index (κ3) is 4.67. The van der Waals surface area contributed by atoms with Gasteiger partial charge in [0.15, 0.2) is 0 Å². The Kier molecular flexibility index (Phi) is 5.82. The first-order valence-corrected chi connectivity index (χ1v) is 7.82. The zero-order chi connectivity index (χ0) is 17.9. The van der Waals surface area contributed by atoms with Gasteiger partial charge in [-0.1, -0.05) is 6.92 Å². The number of hydrogen-bond acceptors (Lipinski definition) is 3. The predicted molar refractivity (Wildman–Crippen MR) is 81.7 cm³/mol. The summed E-state index contributed by atoms with van der Waals surface area (Å²) < 4.78 is 54.0. The number of piperazine rings is 1. The van der Waals surface area contributed by atoms with Crippen molar-refractivity contribution in [3.63, 3.8) is 0 Å². The number of carbonyl (C=O) groups is 1. The van der Waals surface area contributed by atoms with Gasteiger partial charge in [-0.25, -0.2) is 4.39 Å². The van der Waals surface area contributed by atoms with E-state index in [1.54, 1.807) is 0 Å². The quantitative estimate of drug-likeness (QED) is 0.829. The minimum absolute atomic E-state index is 0.0279. The van der Waals surface area contributed by atoms with E-state index in [0.717, 1.165) is 25.7 Å². The van der Waals surface area contributed by atoms with Crippen LogP contribution in [0.15, 0.2) is 12.1 Å². The number of hydrogen-bond donors (Lipinski definition) is 1. The van der Waals surface area contributed by atoms with E-state index >= 15 is 0 Å². The van der Waals surface area contributed by atoms with Gasteiger partial charge in [-0.15, -0.1) is 0 Å². The van der Waals surface area contributed by atoms with Gasteiger partial charge in [-0.05, 0) is 29.8 Å². The molecule has 0 bridgehead atoms. The van der Waals surface area contributed by atoms with Crippen molar-refractivity contribution in [2.75, 3.05) is 32.7 Å². The minimum atomic E-state index is -4.61. The maximum Gasteiger partial charge on any atom is 0.416 e. The molecule has 0 unspecified atom stereocenters. The van der Waals surface area contributed by atoms with Crippen molar-refractivity contribution in [3.8, 4) is 0 Å². The number of alkyl halides is 3. The fraction of sp³-hybridized carbons (Fsp3) is 0.562. The van der Waals surface area contributed by atoms with Gasteiger partial charge in [-0.2, -0.15) is 13.2 Å². The van der Waals surface area contributed by atoms with Gasteiger partial charge in [0.2, 0.25) is 5.91 Å². The van der Waals surface area contributed by atoms with Gasteiger partial charge >= 0.3 is 6.18 Å². The molecule has 134 valence electrons. The largest absolute Gasteiger partial charge is 0.416 e. The van der Waals surface area contributed by atoms with Crippen LogP contribution in [0.5, 0.6) is 0 Å². The summed E-state index contributed by atoms with van der Waals surface area (Å²) in [5, 5.41) is 0. The standard InChI is InChI=1S/C16H21F4N3O/c1-2-22-3-5-23(6-4-22)10-12-8-14(17)11(9-15(21)24)7-13(12)16(18,19)20/h7-8H,2-6,9-10H2,1H3,(H2,21,24). The second-order valence-electron chi connectivity index (χ2n) is 5.95. The van der Waals surface area contributed by atoms with E-state index in [9.17, 15) is 22.4 Å². The lowest BCUT2D eigenvalue weighted by molar-refractivity contribution is -0.138. The summed E-state index contributed by atoms with van der Waals surface area (Å²) in [6.45, 7) is 5.79. The second kappa shape index (κ2) is 7.48. The van der Waals surface area contributed by atoms with E-state index in [1.165, 1.54) is 0 Å². The molecule has 1 aliphatic heterocycles. The van der Waals surface area contributed by atoms with Crippen LogP contribution in [0.3, 0.4) is 0 Å². The van der Waals surface area contributed by atoms with Gasteiger partial charge in [-0.3, -0.25) is 9.69 Å². The molecule has 1 aliphatic rings. The average Bonchev–Trinajstić information content (AvgIpc) is 2.49. The molecule has 1 saturated heterocycles. The number of nitrogens with zero attached hydrogens (tertiary/aromatic N) is 2. The molecule has 0 aromatic heterocycles. The zero-order valence-corrected chi connectivity index (χ0v) is 13.5. The first-order valence-electron chi connectivity index (χ1n) is 7.82. The lowest BCUT2D eigenvalue weighted by atomic mass is 10.00. The number of nitrogens with two attached hydrogens (primary N) is 1. The van der Waals surface area contributed by atoms with E-state index < -0.39 is 29.9 Å². The molecule has 1 amide bonds. The Bertz CT molecular complexity index is 596. The summed E-state index contributed by atoms with van der Waals surface area (Å²) in [6, 6.07) is 1.59. The molecule has 0 radical (unpaired) electrons. The number of primary amides is 1. The molecule has 24 heavy (non-hydrogen) atoms. The van der Waals surface area contributed by atoms with E-state index in [0.29, 0.717) is 19.2 Å². The molecule has 2 rings (SSSR count). The van der Waals surface area contributed by atoms with Gasteiger partial charge in [0, 0.05) is 32.7 Å². The fourth-order valence-electron chi connectivity index (χ4n) is 2.88. The monoisotopic (exact) mass is 347 g/mol. The SMILES string of the molecule is CCN1CCN(Cc2cc(F)c(CC(N)=O)cc2C(F)(F)F)CC1. The summed E-state index contributed by atoms with van der Waals surface area (Å²) in [6.07, 6.45) is -5.16. The first kappa shape index (κ1) is 18.7. The molecule has 4 nitrogen and oxygen atoms in total. The number of rotatable bonds is 5. The number of benzene rings is 1. The Balaban J connectivity index is 2.25. The first-order chi connectivity index (χ1) is 11.2. The summed E-state index contributed by atoms with van der Waals surface area (Å²) in [4.78, 5) is 15.0. The molecule has 0 aliphatic carbocycles. The number of likely N-dealkylation sites (N-methyl/N-ethyl adjacent to an activating group) is 1. The van der Waals surface area contributed by atoms with Crippen LogP contribution < -0.4 is 5.73 Å². The highest BCUT2D eigenvalue weighted by Gasteiger charge is 2.35. The molecule has 0 atom stereocenters. The molecule has 1 fully saturated rings. The molecule has 1 aromatic carbocycles. The van der Waals surface area contributed by atoms with Crippen LogP contribution in [0.4, 0.5) is 17.6 Å². The summed E-state index contributed by atoms with van der Waals surface area (Å²) in [5.41, 5.74) is 3.62. The highest BCUT2D eigenvalue weighted by atomic mass is 19.4. The number of halogens is 4. The third-order valence-electron chi connectivity index (χ3n) is 4.25. The van der Waals surface area contributed by atoms with Crippen molar-refractivity contribution in [3.05, 3.63) is 34.6 Å². The van der Waals surface area contributed by atoms with Crippen molar-refractivity contribution in [2.24, 2.45) is 5.73 Å². The van der Waals surface area contributed by atoms with Crippen LogP contribution in [-0.2, 0) is 23.9 Å². The number of carbonyl (C=O) groups excluding carboxylic acids is 1. The molecule has 2 N–H and O–H groups in total. The van der Waals surface area contributed by atoms with E-state index in [-0.39, 0.29) is 17.7 Å². The van der Waals surface area contributed by atoms with Gasteiger partial charge in [0.1, 0.15) is 5.82 Å². The molecule has 0 spiro atoms. The number of amides is 1. The topological polar surface area (TPSA) is 49.6 Å². The Labute approximate surface area is 138 Å². The predicted octanol–water partition coefficient (Wildman–Crippen LogP) is 2.01. The smallest absolute Gasteiger partial charge is 0.369 e. The maximum absolute atomic E-state index is 14.0. The highest BCUT2D eigenvalue weighted by Crippen LogP contribution is 2.34. The van der Waals surface area contributed by atoms with Gasteiger partial charge in [0.05, 0.1) is 12.0 Å². The van der Waals surface area contributed by atoms with Crippen molar-refractivity contribution in [1.29, 1.82) is 0 Å². The highest BCUT2D eigenvalue weighted by molar-refractivity contribution is 5.76. The second-order valence-corrected chi connectivity index (χ2v) is 5.95. The van der Waals surface area contributed by atoms with Gasteiger partial charge < -0.3 is 10.6 Å². The Morgan fingerprint density at radius 2 is 1.71 bits per heavy atom. The van der Waals surface area contributed by atoms with Crippen LogP contribution in [0.25, 0.3) is 0 Å². The zero-order valence-electron chi connectivity index (χ0n) is 13.5. The fourth-order valence-corrected chi connectivity index (χ4v) is 2.88. The summed E-state index contributed by atoms with van der Waals surface area (Å²) >= 11 is 0. The van der Waals surface area contributed by atoms with E-state index in [1.807, 2.05) is 11.8 Å². The molecule has 1 aromatic rings. The van der Waals surface area contributed by atoms with E-state index in [2.05, 4.69) is 4.90 Å². The van der Waals surface area contributed by atoms with Crippen molar-refractivity contribution >= 4 is 5.91 Å². The molecule has 0 saturated carbocycles. The minimum Gasteiger partial charge on any atom is -0.369 e. The van der Waals surface area contributed by atoms with Crippen molar-refractivity contribution < 1.29 is 22.4 Å². The molecular weight excluding hydrogens is 326 g/mol. The van der Waals surface area contributed by atoms with Crippen LogP contribution in [0.2, 0.25) is 0 Å². The molecule has 8 heteroatoms. The van der Waals surface area contributed by atoms with Crippen LogP contribution in [0, 0.1) is 5.82 Å². The normalized spacial score (nSPS) is 17.2. The molecule has 1 heterocycles. The van der Waals surface area contributed by atoms with E-state index in [4.69, 9.17) is 5.73 Å². The maximum atomic E-state index is 14.0. The summed E-state index contributed by atoms with van der Waals surface area (Å²) in [7, 11) is 0. The van der Waals surface area contributed by atoms with Crippen LogP contribution >= 0.6 is 0 Å². The third-order valence-corrected chi connectivity index (χ3v) is 4.25.